The van der Waals surface area contributed by atoms with Crippen molar-refractivity contribution in [2.75, 3.05) is 0 Å². The van der Waals surface area contributed by atoms with E-state index in [1.807, 2.05) is 35.0 Å². The molecule has 68 valence electrons. The average molecular weight is 183 g/mol. The molecule has 2 aromatic rings. The van der Waals surface area contributed by atoms with Gasteiger partial charge in [-0.2, -0.15) is 5.26 Å². The Balaban J connectivity index is 2.30. The first-order chi connectivity index (χ1) is 6.90. The van der Waals surface area contributed by atoms with Crippen LogP contribution in [0, 0.1) is 11.3 Å². The van der Waals surface area contributed by atoms with Gasteiger partial charge in [-0.25, -0.2) is 4.98 Å². The van der Waals surface area contributed by atoms with Crippen LogP contribution in [0.5, 0.6) is 0 Å². The minimum atomic E-state index is 0.698. The van der Waals surface area contributed by atoms with Crippen molar-refractivity contribution in [3.8, 4) is 6.07 Å². The van der Waals surface area contributed by atoms with Crippen molar-refractivity contribution < 1.29 is 0 Å². The van der Waals surface area contributed by atoms with E-state index in [-0.39, 0.29) is 0 Å². The second kappa shape index (κ2) is 3.75. The minimum absolute atomic E-state index is 0.698. The smallest absolute Gasteiger partial charge is 0.0995 e. The first kappa shape index (κ1) is 8.52. The Labute approximate surface area is 82.2 Å². The molecule has 0 amide bonds. The minimum Gasteiger partial charge on any atom is -0.333 e. The fourth-order valence-electron chi connectivity index (χ4n) is 1.34. The van der Waals surface area contributed by atoms with Crippen molar-refractivity contribution in [3.05, 3.63) is 54.1 Å². The van der Waals surface area contributed by atoms with Crippen molar-refractivity contribution in [3.63, 3.8) is 0 Å². The SMILES string of the molecule is N#Cc1ccccc1Cn1ccnc1. The second-order valence-corrected chi connectivity index (χ2v) is 3.00. The van der Waals surface area contributed by atoms with Crippen molar-refractivity contribution in [2.45, 2.75) is 6.54 Å². The van der Waals surface area contributed by atoms with Crippen LogP contribution in [0.1, 0.15) is 11.1 Å². The molecule has 0 bridgehead atoms. The number of aromatic nitrogens is 2. The summed E-state index contributed by atoms with van der Waals surface area (Å²) in [5, 5.41) is 8.87. The van der Waals surface area contributed by atoms with Gasteiger partial charge in [0.05, 0.1) is 18.0 Å². The molecule has 0 aliphatic rings. The van der Waals surface area contributed by atoms with E-state index < -0.39 is 0 Å². The summed E-state index contributed by atoms with van der Waals surface area (Å²) in [4.78, 5) is 3.95. The van der Waals surface area contributed by atoms with E-state index in [0.717, 1.165) is 11.1 Å². The van der Waals surface area contributed by atoms with Crippen LogP contribution in [0.3, 0.4) is 0 Å². The Morgan fingerprint density at radius 2 is 2.21 bits per heavy atom. The lowest BCUT2D eigenvalue weighted by Gasteiger charge is -2.03. The molecule has 1 heterocycles. The highest BCUT2D eigenvalue weighted by Gasteiger charge is 2.00. The number of hydrogen-bond acceptors (Lipinski definition) is 2. The van der Waals surface area contributed by atoms with Crippen LogP contribution in [-0.2, 0) is 6.54 Å². The molecular weight excluding hydrogens is 174 g/mol. The molecule has 0 unspecified atom stereocenters. The molecule has 1 aromatic carbocycles. The predicted molar refractivity (Wildman–Crippen MR) is 52.5 cm³/mol. The normalized spacial score (nSPS) is 9.64. The fraction of sp³-hybridized carbons (Fsp3) is 0.0909. The van der Waals surface area contributed by atoms with Gasteiger partial charge in [0, 0.05) is 18.9 Å². The molecule has 0 aliphatic heterocycles. The van der Waals surface area contributed by atoms with Crippen LogP contribution in [0.2, 0.25) is 0 Å². The zero-order chi connectivity index (χ0) is 9.80. The third kappa shape index (κ3) is 1.64. The lowest BCUT2D eigenvalue weighted by Crippen LogP contribution is -1.98. The highest BCUT2D eigenvalue weighted by molar-refractivity contribution is 5.37. The predicted octanol–water partition coefficient (Wildman–Crippen LogP) is 1.80. The lowest BCUT2D eigenvalue weighted by molar-refractivity contribution is 0.795. The van der Waals surface area contributed by atoms with Gasteiger partial charge in [0.2, 0.25) is 0 Å². The Kier molecular flexibility index (Phi) is 2.28. The average Bonchev–Trinajstić information content (AvgIpc) is 2.71. The van der Waals surface area contributed by atoms with Gasteiger partial charge in [-0.15, -0.1) is 0 Å². The summed E-state index contributed by atoms with van der Waals surface area (Å²) in [5.74, 6) is 0. The van der Waals surface area contributed by atoms with Crippen molar-refractivity contribution in [2.24, 2.45) is 0 Å². The third-order valence-electron chi connectivity index (χ3n) is 2.05. The summed E-state index contributed by atoms with van der Waals surface area (Å²) >= 11 is 0. The van der Waals surface area contributed by atoms with Gasteiger partial charge in [0.1, 0.15) is 0 Å². The largest absolute Gasteiger partial charge is 0.333 e. The zero-order valence-corrected chi connectivity index (χ0v) is 7.59. The molecule has 0 atom stereocenters. The topological polar surface area (TPSA) is 41.6 Å². The van der Waals surface area contributed by atoms with Crippen molar-refractivity contribution in [1.82, 2.24) is 9.55 Å². The van der Waals surface area contributed by atoms with Gasteiger partial charge in [-0.05, 0) is 11.6 Å². The molecular formula is C11H9N3. The Bertz CT molecular complexity index is 452. The van der Waals surface area contributed by atoms with Gasteiger partial charge in [-0.3, -0.25) is 0 Å². The Morgan fingerprint density at radius 1 is 1.36 bits per heavy atom. The fourth-order valence-corrected chi connectivity index (χ4v) is 1.34. The second-order valence-electron chi connectivity index (χ2n) is 3.00. The molecule has 3 heteroatoms. The van der Waals surface area contributed by atoms with Crippen LogP contribution in [0.15, 0.2) is 43.0 Å². The van der Waals surface area contributed by atoms with Gasteiger partial charge < -0.3 is 4.57 Å². The van der Waals surface area contributed by atoms with Gasteiger partial charge in [0.15, 0.2) is 0 Å². The number of hydrogen-bond donors (Lipinski definition) is 0. The summed E-state index contributed by atoms with van der Waals surface area (Å²) in [6, 6.07) is 9.77. The number of imidazole rings is 1. The van der Waals surface area contributed by atoms with Crippen LogP contribution in [0.25, 0.3) is 0 Å². The van der Waals surface area contributed by atoms with Crippen molar-refractivity contribution >= 4 is 0 Å². The van der Waals surface area contributed by atoms with E-state index >= 15 is 0 Å². The summed E-state index contributed by atoms with van der Waals surface area (Å²) in [7, 11) is 0. The molecule has 2 rings (SSSR count). The van der Waals surface area contributed by atoms with Crippen LogP contribution in [-0.4, -0.2) is 9.55 Å². The molecule has 0 N–H and O–H groups in total. The molecule has 0 spiro atoms. The molecule has 0 aliphatic carbocycles. The van der Waals surface area contributed by atoms with Gasteiger partial charge >= 0.3 is 0 Å². The number of benzene rings is 1. The van der Waals surface area contributed by atoms with Crippen LogP contribution in [0.4, 0.5) is 0 Å². The molecule has 1 aromatic heterocycles. The maximum Gasteiger partial charge on any atom is 0.0995 e. The summed E-state index contributed by atoms with van der Waals surface area (Å²) in [6.45, 7) is 0.698. The summed E-state index contributed by atoms with van der Waals surface area (Å²) in [6.07, 6.45) is 5.36. The highest BCUT2D eigenvalue weighted by atomic mass is 15.0. The lowest BCUT2D eigenvalue weighted by atomic mass is 10.1. The van der Waals surface area contributed by atoms with E-state index in [1.165, 1.54) is 0 Å². The third-order valence-corrected chi connectivity index (χ3v) is 2.05. The van der Waals surface area contributed by atoms with Gasteiger partial charge in [0.25, 0.3) is 0 Å². The summed E-state index contributed by atoms with van der Waals surface area (Å²) in [5.41, 5.74) is 1.74. The molecule has 0 saturated heterocycles. The zero-order valence-electron chi connectivity index (χ0n) is 7.59. The molecule has 0 fully saturated rings. The number of nitrogens with zero attached hydrogens (tertiary/aromatic N) is 3. The molecule has 0 radical (unpaired) electrons. The monoisotopic (exact) mass is 183 g/mol. The quantitative estimate of drug-likeness (QED) is 0.712. The highest BCUT2D eigenvalue weighted by Crippen LogP contribution is 2.08. The summed E-state index contributed by atoms with van der Waals surface area (Å²) < 4.78 is 1.94. The van der Waals surface area contributed by atoms with E-state index in [2.05, 4.69) is 11.1 Å². The molecule has 14 heavy (non-hydrogen) atoms. The van der Waals surface area contributed by atoms with Gasteiger partial charge in [-0.1, -0.05) is 18.2 Å². The molecule has 0 saturated carbocycles. The first-order valence-corrected chi connectivity index (χ1v) is 4.34. The standard InChI is InChI=1S/C11H9N3/c12-7-10-3-1-2-4-11(10)8-14-6-5-13-9-14/h1-6,9H,8H2. The first-order valence-electron chi connectivity index (χ1n) is 4.34. The van der Waals surface area contributed by atoms with E-state index in [1.54, 1.807) is 12.5 Å². The molecule has 3 nitrogen and oxygen atoms in total. The van der Waals surface area contributed by atoms with E-state index in [0.29, 0.717) is 6.54 Å². The van der Waals surface area contributed by atoms with E-state index in [9.17, 15) is 0 Å². The van der Waals surface area contributed by atoms with Crippen molar-refractivity contribution in [1.29, 1.82) is 5.26 Å². The van der Waals surface area contributed by atoms with E-state index in [4.69, 9.17) is 5.26 Å². The number of nitriles is 1. The maximum atomic E-state index is 8.87. The van der Waals surface area contributed by atoms with Crippen LogP contribution >= 0.6 is 0 Å². The number of rotatable bonds is 2. The van der Waals surface area contributed by atoms with Crippen LogP contribution < -0.4 is 0 Å². The Hall–Kier alpha value is -2.08. The Morgan fingerprint density at radius 3 is 2.93 bits per heavy atom. The maximum absolute atomic E-state index is 8.87.